The summed E-state index contributed by atoms with van der Waals surface area (Å²) < 4.78 is 33.9. The van der Waals surface area contributed by atoms with E-state index in [1.807, 2.05) is 0 Å². The Morgan fingerprint density at radius 2 is 2.05 bits per heavy atom. The summed E-state index contributed by atoms with van der Waals surface area (Å²) in [5.41, 5.74) is 6.17. The highest BCUT2D eigenvalue weighted by molar-refractivity contribution is 7.80. The Morgan fingerprint density at radius 3 is 2.71 bits per heavy atom. The molecule has 0 saturated carbocycles. The molecule has 0 aliphatic heterocycles. The van der Waals surface area contributed by atoms with Gasteiger partial charge in [0.1, 0.15) is 5.75 Å². The van der Waals surface area contributed by atoms with Crippen LogP contribution in [0.3, 0.4) is 0 Å². The Labute approximate surface area is 127 Å². The molecule has 0 aliphatic carbocycles. The van der Waals surface area contributed by atoms with Gasteiger partial charge >= 0.3 is 6.61 Å². The maximum absolute atomic E-state index is 12.3. The van der Waals surface area contributed by atoms with Gasteiger partial charge in [-0.3, -0.25) is 10.9 Å². The highest BCUT2D eigenvalue weighted by atomic mass is 32.1. The molecule has 1 rings (SSSR count). The average Bonchev–Trinajstić information content (AvgIpc) is 2.45. The molecule has 0 saturated heterocycles. The number of hydrogen-bond donors (Lipinski definition) is 3. The smallest absolute Gasteiger partial charge is 0.387 e. The largest absolute Gasteiger partial charge is 0.434 e. The van der Waals surface area contributed by atoms with Gasteiger partial charge in [-0.05, 0) is 24.4 Å². The number of hydrazine groups is 1. The number of methoxy groups -OCH3 is 1. The summed E-state index contributed by atoms with van der Waals surface area (Å²) >= 11 is 5.01. The Kier molecular flexibility index (Phi) is 7.41. The van der Waals surface area contributed by atoms with Crippen LogP contribution in [0.2, 0.25) is 0 Å². The van der Waals surface area contributed by atoms with Gasteiger partial charge in [0.15, 0.2) is 5.11 Å². The van der Waals surface area contributed by atoms with Gasteiger partial charge in [-0.25, -0.2) is 0 Å². The molecule has 0 spiro atoms. The van der Waals surface area contributed by atoms with Crippen molar-refractivity contribution in [1.82, 2.24) is 16.2 Å². The molecule has 0 aliphatic rings. The third-order valence-electron chi connectivity index (χ3n) is 2.35. The van der Waals surface area contributed by atoms with E-state index in [0.717, 1.165) is 0 Å². The van der Waals surface area contributed by atoms with E-state index in [-0.39, 0.29) is 5.75 Å². The van der Waals surface area contributed by atoms with Crippen LogP contribution in [0.25, 0.3) is 5.70 Å². The van der Waals surface area contributed by atoms with Gasteiger partial charge in [0.05, 0.1) is 12.3 Å². The molecule has 0 aromatic heterocycles. The van der Waals surface area contributed by atoms with Crippen molar-refractivity contribution in [2.24, 2.45) is 0 Å². The monoisotopic (exact) mass is 317 g/mol. The van der Waals surface area contributed by atoms with Crippen LogP contribution < -0.4 is 20.9 Å². The molecule has 1 aromatic rings. The fourth-order valence-electron chi connectivity index (χ4n) is 1.43. The molecule has 0 fully saturated rings. The van der Waals surface area contributed by atoms with Crippen molar-refractivity contribution < 1.29 is 18.3 Å². The summed E-state index contributed by atoms with van der Waals surface area (Å²) in [6.07, 6.45) is 0. The van der Waals surface area contributed by atoms with Crippen LogP contribution in [0.5, 0.6) is 5.75 Å². The zero-order valence-electron chi connectivity index (χ0n) is 11.5. The lowest BCUT2D eigenvalue weighted by Crippen LogP contribution is -2.43. The van der Waals surface area contributed by atoms with Gasteiger partial charge in [-0.2, -0.15) is 8.78 Å². The maximum Gasteiger partial charge on any atom is 0.387 e. The topological polar surface area (TPSA) is 54.5 Å². The lowest BCUT2D eigenvalue weighted by molar-refractivity contribution is -0.0500. The first kappa shape index (κ1) is 17.1. The predicted molar refractivity (Wildman–Crippen MR) is 80.9 cm³/mol. The number of ether oxygens (including phenoxy) is 2. The SMILES string of the molecule is C=C(NNC(=S)NCCOC)c1ccccc1OC(F)F. The second-order valence-corrected chi connectivity index (χ2v) is 4.26. The fraction of sp³-hybridized carbons (Fsp3) is 0.308. The lowest BCUT2D eigenvalue weighted by Gasteiger charge is -2.16. The Morgan fingerprint density at radius 1 is 1.33 bits per heavy atom. The van der Waals surface area contributed by atoms with Crippen molar-refractivity contribution >= 4 is 23.0 Å². The van der Waals surface area contributed by atoms with Gasteiger partial charge in [-0.15, -0.1) is 0 Å². The van der Waals surface area contributed by atoms with Crippen molar-refractivity contribution in [3.63, 3.8) is 0 Å². The van der Waals surface area contributed by atoms with Gasteiger partial charge in [0.2, 0.25) is 0 Å². The summed E-state index contributed by atoms with van der Waals surface area (Å²) in [7, 11) is 1.58. The minimum atomic E-state index is -2.90. The molecule has 0 amide bonds. The molecule has 0 unspecified atom stereocenters. The molecule has 0 atom stereocenters. The van der Waals surface area contributed by atoms with Crippen molar-refractivity contribution in [2.45, 2.75) is 6.61 Å². The Bertz CT molecular complexity index is 486. The standard InChI is InChI=1S/C13H17F2N3O2S/c1-9(17-18-13(21)16-7-8-19-2)10-5-3-4-6-11(10)20-12(14)15/h3-6,12,17H,1,7-8H2,2H3,(H2,16,18,21). The van der Waals surface area contributed by atoms with Crippen molar-refractivity contribution in [1.29, 1.82) is 0 Å². The summed E-state index contributed by atoms with van der Waals surface area (Å²) in [5.74, 6) is 0.0325. The maximum atomic E-state index is 12.3. The van der Waals surface area contributed by atoms with Crippen LogP contribution in [-0.4, -0.2) is 32.0 Å². The lowest BCUT2D eigenvalue weighted by atomic mass is 10.1. The molecular formula is C13H17F2N3O2S. The van der Waals surface area contributed by atoms with Crippen molar-refractivity contribution in [3.05, 3.63) is 36.4 Å². The zero-order valence-corrected chi connectivity index (χ0v) is 12.3. The highest BCUT2D eigenvalue weighted by Crippen LogP contribution is 2.24. The van der Waals surface area contributed by atoms with Gasteiger partial charge in [0, 0.05) is 19.2 Å². The number of alkyl halides is 2. The molecular weight excluding hydrogens is 300 g/mol. The molecule has 3 N–H and O–H groups in total. The normalized spacial score (nSPS) is 10.1. The van der Waals surface area contributed by atoms with E-state index in [2.05, 4.69) is 27.5 Å². The molecule has 1 aromatic carbocycles. The second kappa shape index (κ2) is 9.09. The number of rotatable bonds is 8. The van der Waals surface area contributed by atoms with Crippen molar-refractivity contribution in [3.8, 4) is 5.75 Å². The Hall–Kier alpha value is -1.93. The van der Waals surface area contributed by atoms with Crippen LogP contribution in [0.1, 0.15) is 5.56 Å². The number of thiocarbonyl (C=S) groups is 1. The van der Waals surface area contributed by atoms with Crippen LogP contribution in [-0.2, 0) is 4.74 Å². The fourth-order valence-corrected chi connectivity index (χ4v) is 1.58. The number of halogens is 2. The van der Waals surface area contributed by atoms with E-state index in [4.69, 9.17) is 17.0 Å². The van der Waals surface area contributed by atoms with E-state index < -0.39 is 6.61 Å². The third-order valence-corrected chi connectivity index (χ3v) is 2.59. The second-order valence-electron chi connectivity index (χ2n) is 3.85. The van der Waals surface area contributed by atoms with Crippen LogP contribution in [0.4, 0.5) is 8.78 Å². The third kappa shape index (κ3) is 6.37. The number of para-hydroxylation sites is 1. The molecule has 0 radical (unpaired) electrons. The van der Waals surface area contributed by atoms with E-state index in [0.29, 0.717) is 29.5 Å². The predicted octanol–water partition coefficient (Wildman–Crippen LogP) is 1.87. The first-order chi connectivity index (χ1) is 10.0. The number of benzene rings is 1. The molecule has 21 heavy (non-hydrogen) atoms. The molecule has 5 nitrogen and oxygen atoms in total. The van der Waals surface area contributed by atoms with Crippen LogP contribution >= 0.6 is 12.2 Å². The summed E-state index contributed by atoms with van der Waals surface area (Å²) in [6.45, 7) is 1.90. The molecule has 8 heteroatoms. The highest BCUT2D eigenvalue weighted by Gasteiger charge is 2.11. The number of nitrogens with one attached hydrogen (secondary N) is 3. The van der Waals surface area contributed by atoms with Gasteiger partial charge < -0.3 is 14.8 Å². The van der Waals surface area contributed by atoms with Crippen LogP contribution in [0, 0.1) is 0 Å². The summed E-state index contributed by atoms with van der Waals surface area (Å²) in [4.78, 5) is 0. The molecule has 116 valence electrons. The van der Waals surface area contributed by atoms with E-state index >= 15 is 0 Å². The zero-order chi connectivity index (χ0) is 15.7. The van der Waals surface area contributed by atoms with Crippen LogP contribution in [0.15, 0.2) is 30.8 Å². The first-order valence-electron chi connectivity index (χ1n) is 6.06. The minimum absolute atomic E-state index is 0.0325. The quantitative estimate of drug-likeness (QED) is 0.387. The first-order valence-corrected chi connectivity index (χ1v) is 6.47. The van der Waals surface area contributed by atoms with E-state index in [1.165, 1.54) is 6.07 Å². The van der Waals surface area contributed by atoms with E-state index in [9.17, 15) is 8.78 Å². The van der Waals surface area contributed by atoms with Gasteiger partial charge in [0.25, 0.3) is 0 Å². The van der Waals surface area contributed by atoms with Crippen molar-refractivity contribution in [2.75, 3.05) is 20.3 Å². The van der Waals surface area contributed by atoms with Gasteiger partial charge in [-0.1, -0.05) is 18.7 Å². The van der Waals surface area contributed by atoms with E-state index in [1.54, 1.807) is 25.3 Å². The molecule has 0 heterocycles. The Balaban J connectivity index is 2.54. The summed E-state index contributed by atoms with van der Waals surface area (Å²) in [6, 6.07) is 6.33. The summed E-state index contributed by atoms with van der Waals surface area (Å²) in [5, 5.41) is 3.21. The molecule has 0 bridgehead atoms. The number of hydrogen-bond acceptors (Lipinski definition) is 4. The average molecular weight is 317 g/mol. The minimum Gasteiger partial charge on any atom is -0.434 e.